The van der Waals surface area contributed by atoms with Gasteiger partial charge in [-0.15, -0.1) is 0 Å². The number of fused-ring (bicyclic) bond motifs is 2. The molecule has 0 radical (unpaired) electrons. The highest BCUT2D eigenvalue weighted by atomic mass is 35.5. The van der Waals surface area contributed by atoms with Gasteiger partial charge in [0.15, 0.2) is 0 Å². The van der Waals surface area contributed by atoms with Gasteiger partial charge in [-0.3, -0.25) is 4.79 Å². The lowest BCUT2D eigenvalue weighted by Gasteiger charge is -2.46. The fraction of sp³-hybridized carbons (Fsp3) is 0.708. The van der Waals surface area contributed by atoms with Gasteiger partial charge in [-0.05, 0) is 100 Å². The normalized spacial score (nSPS) is 32.7. The quantitative estimate of drug-likeness (QED) is 0.526. The molecule has 5 atom stereocenters. The van der Waals surface area contributed by atoms with Crippen molar-refractivity contribution in [2.45, 2.75) is 76.9 Å². The SMILES string of the molecule is CC(C)(O)C12CC3CCC(NC(=O)CCCOc4ccc(Cl)cc4Cl)C(C1)C(C3)C2. The Morgan fingerprint density at radius 1 is 1.27 bits per heavy atom. The predicted molar refractivity (Wildman–Crippen MR) is 120 cm³/mol. The van der Waals surface area contributed by atoms with Crippen LogP contribution in [-0.2, 0) is 4.79 Å². The molecule has 5 unspecified atom stereocenters. The molecular weight excluding hydrogens is 421 g/mol. The summed E-state index contributed by atoms with van der Waals surface area (Å²) in [6.45, 7) is 4.41. The zero-order valence-electron chi connectivity index (χ0n) is 17.9. The molecule has 3 fully saturated rings. The van der Waals surface area contributed by atoms with Gasteiger partial charge < -0.3 is 15.2 Å². The van der Waals surface area contributed by atoms with Crippen LogP contribution < -0.4 is 10.1 Å². The molecule has 0 saturated heterocycles. The summed E-state index contributed by atoms with van der Waals surface area (Å²) in [6.07, 6.45) is 7.88. The Morgan fingerprint density at radius 3 is 2.80 bits per heavy atom. The molecule has 3 aliphatic carbocycles. The van der Waals surface area contributed by atoms with Crippen molar-refractivity contribution in [2.75, 3.05) is 6.61 Å². The lowest BCUT2D eigenvalue weighted by Crippen LogP contribution is -2.46. The van der Waals surface area contributed by atoms with Gasteiger partial charge in [0, 0.05) is 17.5 Å². The molecule has 3 bridgehead atoms. The molecule has 1 aromatic rings. The van der Waals surface area contributed by atoms with Crippen LogP contribution in [0, 0.1) is 23.2 Å². The third-order valence-corrected chi connectivity index (χ3v) is 8.48. The van der Waals surface area contributed by atoms with E-state index < -0.39 is 5.60 Å². The van der Waals surface area contributed by atoms with E-state index in [9.17, 15) is 9.90 Å². The van der Waals surface area contributed by atoms with E-state index in [4.69, 9.17) is 27.9 Å². The topological polar surface area (TPSA) is 58.6 Å². The average Bonchev–Trinajstić information content (AvgIpc) is 2.88. The molecule has 4 nitrogen and oxygen atoms in total. The van der Waals surface area contributed by atoms with Crippen LogP contribution >= 0.6 is 23.2 Å². The first-order chi connectivity index (χ1) is 14.2. The minimum Gasteiger partial charge on any atom is -0.492 e. The fourth-order valence-corrected chi connectivity index (χ4v) is 6.84. The largest absolute Gasteiger partial charge is 0.492 e. The number of amides is 1. The van der Waals surface area contributed by atoms with Crippen LogP contribution in [0.15, 0.2) is 18.2 Å². The number of nitrogens with one attached hydrogen (secondary N) is 1. The number of hydrogen-bond acceptors (Lipinski definition) is 3. The molecule has 2 N–H and O–H groups in total. The van der Waals surface area contributed by atoms with E-state index in [0.29, 0.717) is 53.0 Å². The van der Waals surface area contributed by atoms with Crippen molar-refractivity contribution < 1.29 is 14.6 Å². The highest BCUT2D eigenvalue weighted by Gasteiger charge is 2.59. The Kier molecular flexibility index (Phi) is 6.31. The standard InChI is InChI=1S/C24H33Cl2NO3/c1-23(2,29)24-12-15-5-7-20(18(14-24)16(10-15)13-24)27-22(28)4-3-9-30-21-8-6-17(25)11-19(21)26/h6,8,11,15-16,18,20,29H,3-5,7,9-10,12-14H2,1-2H3,(H,27,28). The molecular formula is C24H33Cl2NO3. The van der Waals surface area contributed by atoms with E-state index in [2.05, 4.69) is 5.32 Å². The maximum absolute atomic E-state index is 12.6. The lowest BCUT2D eigenvalue weighted by molar-refractivity contribution is -0.122. The second-order valence-corrected chi connectivity index (χ2v) is 11.1. The van der Waals surface area contributed by atoms with Crippen LogP contribution in [0.4, 0.5) is 0 Å². The van der Waals surface area contributed by atoms with Crippen molar-refractivity contribution in [1.82, 2.24) is 5.32 Å². The zero-order valence-corrected chi connectivity index (χ0v) is 19.4. The minimum absolute atomic E-state index is 0.0281. The monoisotopic (exact) mass is 453 g/mol. The lowest BCUT2D eigenvalue weighted by atomic mass is 9.62. The van der Waals surface area contributed by atoms with Gasteiger partial charge in [-0.1, -0.05) is 23.2 Å². The van der Waals surface area contributed by atoms with Crippen LogP contribution in [0.3, 0.4) is 0 Å². The molecule has 3 aliphatic rings. The highest BCUT2D eigenvalue weighted by Crippen LogP contribution is 2.63. The van der Waals surface area contributed by atoms with E-state index in [1.807, 2.05) is 13.8 Å². The fourth-order valence-electron chi connectivity index (χ4n) is 6.38. The first-order valence-electron chi connectivity index (χ1n) is 11.3. The van der Waals surface area contributed by atoms with Crippen molar-refractivity contribution in [3.05, 3.63) is 28.2 Å². The summed E-state index contributed by atoms with van der Waals surface area (Å²) in [5.74, 6) is 2.52. The van der Waals surface area contributed by atoms with Crippen LogP contribution in [0.25, 0.3) is 0 Å². The molecule has 0 aromatic heterocycles. The summed E-state index contributed by atoms with van der Waals surface area (Å²) < 4.78 is 5.69. The number of benzene rings is 1. The molecule has 6 heteroatoms. The van der Waals surface area contributed by atoms with E-state index in [0.717, 1.165) is 32.1 Å². The van der Waals surface area contributed by atoms with Gasteiger partial charge in [0.25, 0.3) is 0 Å². The van der Waals surface area contributed by atoms with Gasteiger partial charge in [-0.2, -0.15) is 0 Å². The molecule has 1 aromatic carbocycles. The van der Waals surface area contributed by atoms with E-state index in [-0.39, 0.29) is 17.4 Å². The minimum atomic E-state index is -0.648. The second-order valence-electron chi connectivity index (χ2n) is 10.3. The van der Waals surface area contributed by atoms with Crippen LogP contribution in [0.5, 0.6) is 5.75 Å². The molecule has 0 heterocycles. The third kappa shape index (κ3) is 4.47. The van der Waals surface area contributed by atoms with Crippen molar-refractivity contribution >= 4 is 29.1 Å². The van der Waals surface area contributed by atoms with Crippen molar-refractivity contribution in [3.63, 3.8) is 0 Å². The smallest absolute Gasteiger partial charge is 0.220 e. The predicted octanol–water partition coefficient (Wildman–Crippen LogP) is 5.62. The van der Waals surface area contributed by atoms with Gasteiger partial charge in [0.2, 0.25) is 5.91 Å². The van der Waals surface area contributed by atoms with Gasteiger partial charge in [0.05, 0.1) is 17.2 Å². The maximum Gasteiger partial charge on any atom is 0.220 e. The van der Waals surface area contributed by atoms with Crippen LogP contribution in [0.1, 0.15) is 65.2 Å². The van der Waals surface area contributed by atoms with E-state index in [1.165, 1.54) is 6.42 Å². The summed E-state index contributed by atoms with van der Waals surface area (Å²) in [7, 11) is 0. The summed E-state index contributed by atoms with van der Waals surface area (Å²) in [5, 5.41) is 15.3. The number of halogens is 2. The maximum atomic E-state index is 12.6. The number of carbonyl (C=O) groups is 1. The van der Waals surface area contributed by atoms with Crippen molar-refractivity contribution in [3.8, 4) is 5.75 Å². The van der Waals surface area contributed by atoms with Crippen molar-refractivity contribution in [1.29, 1.82) is 0 Å². The Balaban J connectivity index is 1.29. The molecule has 0 aliphatic heterocycles. The average molecular weight is 454 g/mol. The zero-order chi connectivity index (χ0) is 21.5. The van der Waals surface area contributed by atoms with Crippen LogP contribution in [0.2, 0.25) is 10.0 Å². The van der Waals surface area contributed by atoms with Crippen molar-refractivity contribution in [2.24, 2.45) is 23.2 Å². The molecule has 166 valence electrons. The van der Waals surface area contributed by atoms with E-state index >= 15 is 0 Å². The number of rotatable bonds is 7. The Hall–Kier alpha value is -0.970. The molecule has 1 amide bonds. The molecule has 3 saturated carbocycles. The number of ether oxygens (including phenoxy) is 1. The van der Waals surface area contributed by atoms with E-state index in [1.54, 1.807) is 18.2 Å². The molecule has 30 heavy (non-hydrogen) atoms. The summed E-state index contributed by atoms with van der Waals surface area (Å²) in [5.41, 5.74) is -0.620. The summed E-state index contributed by atoms with van der Waals surface area (Å²) >= 11 is 12.0. The Morgan fingerprint density at radius 2 is 2.07 bits per heavy atom. The first kappa shape index (κ1) is 22.2. The number of carbonyl (C=O) groups excluding carboxylic acids is 1. The van der Waals surface area contributed by atoms with Gasteiger partial charge >= 0.3 is 0 Å². The number of hydrogen-bond donors (Lipinski definition) is 2. The second kappa shape index (κ2) is 8.52. The molecule has 0 spiro atoms. The molecule has 4 rings (SSSR count). The third-order valence-electron chi connectivity index (χ3n) is 7.95. The van der Waals surface area contributed by atoms with Gasteiger partial charge in [-0.25, -0.2) is 0 Å². The summed E-state index contributed by atoms with van der Waals surface area (Å²) in [6, 6.07) is 5.38. The number of aliphatic hydroxyl groups is 1. The summed E-state index contributed by atoms with van der Waals surface area (Å²) in [4.78, 5) is 12.6. The first-order valence-corrected chi connectivity index (χ1v) is 12.0. The van der Waals surface area contributed by atoms with Gasteiger partial charge in [0.1, 0.15) is 5.75 Å². The Labute approximate surface area is 189 Å². The Bertz CT molecular complexity index is 793. The highest BCUT2D eigenvalue weighted by molar-refractivity contribution is 6.35. The van der Waals surface area contributed by atoms with Crippen LogP contribution in [-0.4, -0.2) is 29.3 Å².